The number of nitrogens with one attached hydrogen (secondary N) is 3. The average Bonchev–Trinajstić information content (AvgIpc) is 2.98. The Morgan fingerprint density at radius 1 is 1.00 bits per heavy atom. The van der Waals surface area contributed by atoms with Crippen LogP contribution in [0.2, 0.25) is 0 Å². The van der Waals surface area contributed by atoms with Gasteiger partial charge in [0.05, 0.1) is 11.3 Å². The number of sulfonamides is 1. The number of halogens is 4. The molecule has 3 heterocycles. The molecule has 2 aromatic carbocycles. The van der Waals surface area contributed by atoms with Crippen molar-refractivity contribution < 1.29 is 30.7 Å². The Morgan fingerprint density at radius 2 is 1.79 bits per heavy atom. The molecule has 1 unspecified atom stereocenters. The molecule has 0 amide bonds. The number of hydrogen-bond donors (Lipinski definition) is 3. The van der Waals surface area contributed by atoms with Gasteiger partial charge in [-0.3, -0.25) is 4.72 Å². The molecule has 0 aliphatic carbocycles. The van der Waals surface area contributed by atoms with Gasteiger partial charge in [-0.2, -0.15) is 4.39 Å². The summed E-state index contributed by atoms with van der Waals surface area (Å²) in [5.41, 5.74) is -0.270. The van der Waals surface area contributed by atoms with Gasteiger partial charge >= 0.3 is 0 Å². The molecule has 14 heteroatoms. The monoisotopic (exact) mass is 602 g/mol. The van der Waals surface area contributed by atoms with E-state index in [1.54, 1.807) is 42.5 Å². The van der Waals surface area contributed by atoms with E-state index in [1.165, 1.54) is 25.4 Å². The molecule has 2 aromatic heterocycles. The molecule has 4 aromatic rings. The lowest BCUT2D eigenvalue weighted by atomic mass is 10.1. The Kier molecular flexibility index (Phi) is 8.54. The lowest BCUT2D eigenvalue weighted by Gasteiger charge is -2.26. The van der Waals surface area contributed by atoms with Gasteiger partial charge in [0, 0.05) is 44.0 Å². The Labute approximate surface area is 239 Å². The van der Waals surface area contributed by atoms with Gasteiger partial charge in [0.25, 0.3) is 0 Å². The van der Waals surface area contributed by atoms with Crippen molar-refractivity contribution >= 4 is 21.7 Å². The van der Waals surface area contributed by atoms with E-state index in [2.05, 4.69) is 25.6 Å². The largest absolute Gasteiger partial charge is 0.435 e. The van der Waals surface area contributed by atoms with Gasteiger partial charge < -0.3 is 15.4 Å². The van der Waals surface area contributed by atoms with Crippen molar-refractivity contribution in [2.75, 3.05) is 23.1 Å². The molecule has 42 heavy (non-hydrogen) atoms. The van der Waals surface area contributed by atoms with Gasteiger partial charge in [0.2, 0.25) is 27.7 Å². The maximum atomic E-state index is 15.1. The van der Waals surface area contributed by atoms with Crippen molar-refractivity contribution in [3.05, 3.63) is 90.0 Å². The fraction of sp³-hybridized carbons (Fsp3) is 0.250. The minimum Gasteiger partial charge on any atom is -0.435 e. The molecule has 3 atom stereocenters. The van der Waals surface area contributed by atoms with Gasteiger partial charge in [-0.15, -0.1) is 0 Å². The second-order valence-electron chi connectivity index (χ2n) is 9.62. The number of piperidine rings is 1. The first-order valence-corrected chi connectivity index (χ1v) is 14.5. The molecule has 1 aliphatic rings. The van der Waals surface area contributed by atoms with Crippen molar-refractivity contribution in [3.8, 4) is 22.9 Å². The molecular formula is C28H26F4N6O3S. The summed E-state index contributed by atoms with van der Waals surface area (Å²) in [4.78, 5) is 12.6. The van der Waals surface area contributed by atoms with Crippen LogP contribution >= 0.6 is 0 Å². The van der Waals surface area contributed by atoms with Crippen LogP contribution in [0, 0.1) is 17.5 Å². The molecule has 0 radical (unpaired) electrons. The second kappa shape index (κ2) is 12.3. The summed E-state index contributed by atoms with van der Waals surface area (Å²) in [5, 5.41) is 4.84. The minimum absolute atomic E-state index is 0.202. The Bertz CT molecular complexity index is 1680. The zero-order valence-electron chi connectivity index (χ0n) is 22.2. The molecule has 220 valence electrons. The van der Waals surface area contributed by atoms with Crippen molar-refractivity contribution in [1.82, 2.24) is 20.3 Å². The highest BCUT2D eigenvalue weighted by Crippen LogP contribution is 2.36. The summed E-state index contributed by atoms with van der Waals surface area (Å²) in [6.07, 6.45) is 2.03. The molecule has 5 rings (SSSR count). The van der Waals surface area contributed by atoms with Crippen LogP contribution in [0.1, 0.15) is 24.2 Å². The van der Waals surface area contributed by atoms with E-state index in [0.29, 0.717) is 18.2 Å². The van der Waals surface area contributed by atoms with Crippen molar-refractivity contribution in [1.29, 1.82) is 0 Å². The van der Waals surface area contributed by atoms with Crippen LogP contribution in [-0.4, -0.2) is 48.7 Å². The maximum absolute atomic E-state index is 15.1. The molecule has 0 spiro atoms. The summed E-state index contributed by atoms with van der Waals surface area (Å²) >= 11 is 0. The van der Waals surface area contributed by atoms with Crippen LogP contribution in [-0.2, 0) is 10.0 Å². The van der Waals surface area contributed by atoms with Crippen LogP contribution < -0.4 is 20.1 Å². The van der Waals surface area contributed by atoms with Crippen molar-refractivity contribution in [3.63, 3.8) is 0 Å². The number of aromatic nitrogens is 3. The number of nitrogens with zero attached hydrogens (tertiary/aromatic N) is 3. The molecule has 0 saturated carbocycles. The molecular weight excluding hydrogens is 576 g/mol. The molecule has 1 aliphatic heterocycles. The number of anilines is 2. The molecule has 0 bridgehead atoms. The van der Waals surface area contributed by atoms with E-state index in [1.807, 2.05) is 4.72 Å². The first-order valence-electron chi connectivity index (χ1n) is 12.9. The lowest BCUT2D eigenvalue weighted by molar-refractivity contribution is 0.254. The zero-order chi connectivity index (χ0) is 29.9. The van der Waals surface area contributed by atoms with E-state index in [0.717, 1.165) is 0 Å². The predicted octanol–water partition coefficient (Wildman–Crippen LogP) is 5.36. The summed E-state index contributed by atoms with van der Waals surface area (Å²) in [5.74, 6) is -5.70. The first kappa shape index (κ1) is 29.2. The Hall–Kier alpha value is -4.30. The number of pyridine rings is 1. The van der Waals surface area contributed by atoms with Crippen molar-refractivity contribution in [2.45, 2.75) is 30.8 Å². The maximum Gasteiger partial charge on any atom is 0.239 e. The smallest absolute Gasteiger partial charge is 0.239 e. The third-order valence-corrected chi connectivity index (χ3v) is 8.34. The van der Waals surface area contributed by atoms with Crippen molar-refractivity contribution in [2.24, 2.45) is 0 Å². The number of alkyl halides is 1. The molecule has 3 N–H and O–H groups in total. The highest BCUT2D eigenvalue weighted by Gasteiger charge is 2.29. The number of hydrogen-bond acceptors (Lipinski definition) is 8. The Morgan fingerprint density at radius 3 is 2.55 bits per heavy atom. The van der Waals surface area contributed by atoms with Crippen LogP contribution in [0.15, 0.2) is 67.0 Å². The van der Waals surface area contributed by atoms with E-state index in [9.17, 15) is 12.8 Å². The fourth-order valence-electron chi connectivity index (χ4n) is 4.41. The summed E-state index contributed by atoms with van der Waals surface area (Å²) in [6, 6.07) is 12.9. The van der Waals surface area contributed by atoms with E-state index in [4.69, 9.17) is 4.74 Å². The molecule has 1 fully saturated rings. The SMILES string of the molecule is CC(c1ccccc1)S(=O)(=O)Nc1c(F)cc(Oc2ncccc2-c2ccnc(N[C@@H]3CNC[C@@H](F)C3)n2)c(F)c1F. The van der Waals surface area contributed by atoms with Crippen LogP contribution in [0.5, 0.6) is 11.6 Å². The van der Waals surface area contributed by atoms with E-state index >= 15 is 13.2 Å². The van der Waals surface area contributed by atoms with Gasteiger partial charge in [0.1, 0.15) is 17.1 Å². The first-order chi connectivity index (χ1) is 20.1. The van der Waals surface area contributed by atoms with Crippen LogP contribution in [0.25, 0.3) is 11.3 Å². The summed E-state index contributed by atoms with van der Waals surface area (Å²) in [6.45, 7) is 2.12. The standard InChI is InChI=1S/C28H26F4N6O3S/c1-16(17-6-3-2-4-7-17)42(39,40)38-26-21(30)13-23(24(31)25(26)32)41-27-20(8-5-10-34-27)22-9-11-35-28(37-22)36-19-12-18(29)14-33-15-19/h2-11,13,16,18-19,33,38H,12,14-15H2,1H3,(H,35,36,37)/t16?,18-,19-/m0/s1. The number of ether oxygens (including phenoxy) is 1. The third kappa shape index (κ3) is 6.44. The number of benzene rings is 2. The van der Waals surface area contributed by atoms with Gasteiger partial charge in [0.15, 0.2) is 17.4 Å². The Balaban J connectivity index is 1.39. The second-order valence-corrected chi connectivity index (χ2v) is 11.6. The highest BCUT2D eigenvalue weighted by atomic mass is 32.2. The average molecular weight is 603 g/mol. The lowest BCUT2D eigenvalue weighted by Crippen LogP contribution is -2.44. The zero-order valence-corrected chi connectivity index (χ0v) is 23.0. The topological polar surface area (TPSA) is 118 Å². The van der Waals surface area contributed by atoms with Gasteiger partial charge in [-0.25, -0.2) is 36.5 Å². The fourth-order valence-corrected chi connectivity index (χ4v) is 5.57. The molecule has 9 nitrogen and oxygen atoms in total. The van der Waals surface area contributed by atoms with Gasteiger partial charge in [-0.1, -0.05) is 30.3 Å². The predicted molar refractivity (Wildman–Crippen MR) is 149 cm³/mol. The minimum atomic E-state index is -4.36. The van der Waals surface area contributed by atoms with Gasteiger partial charge in [-0.05, 0) is 30.7 Å². The van der Waals surface area contributed by atoms with E-state index in [-0.39, 0.29) is 42.1 Å². The summed E-state index contributed by atoms with van der Waals surface area (Å²) < 4.78 is 91.9. The highest BCUT2D eigenvalue weighted by molar-refractivity contribution is 7.92. The quantitative estimate of drug-likeness (QED) is 0.173. The molecule has 1 saturated heterocycles. The summed E-state index contributed by atoms with van der Waals surface area (Å²) in [7, 11) is -4.36. The van der Waals surface area contributed by atoms with Crippen LogP contribution in [0.4, 0.5) is 29.2 Å². The third-order valence-electron chi connectivity index (χ3n) is 6.64. The van der Waals surface area contributed by atoms with E-state index < -0.39 is 50.3 Å². The number of rotatable bonds is 9. The normalized spacial score (nSPS) is 17.8. The van der Waals surface area contributed by atoms with Crippen LogP contribution in [0.3, 0.4) is 0 Å².